The highest BCUT2D eigenvalue weighted by atomic mass is 32.1. The number of carbonyl (C=O) groups excluding carboxylic acids is 2. The number of carbonyl (C=O) groups is 2. The zero-order valence-electron chi connectivity index (χ0n) is 15.7. The number of nitrogens with one attached hydrogen (secondary N) is 1. The summed E-state index contributed by atoms with van der Waals surface area (Å²) in [7, 11) is 0. The molecular weight excluding hydrogens is 407 g/mol. The molecular formula is C22H17FN2O4S. The van der Waals surface area contributed by atoms with Crippen LogP contribution in [0.15, 0.2) is 87.4 Å². The van der Waals surface area contributed by atoms with Crippen molar-refractivity contribution in [3.8, 4) is 0 Å². The average Bonchev–Trinajstić information content (AvgIpc) is 3.52. The van der Waals surface area contributed by atoms with Gasteiger partial charge in [0.25, 0.3) is 11.8 Å². The molecule has 0 fully saturated rings. The van der Waals surface area contributed by atoms with E-state index in [1.807, 2.05) is 0 Å². The van der Waals surface area contributed by atoms with Gasteiger partial charge in [0, 0.05) is 5.69 Å². The first-order valence-corrected chi connectivity index (χ1v) is 9.97. The third kappa shape index (κ3) is 4.18. The molecule has 0 saturated heterocycles. The maximum absolute atomic E-state index is 14.0. The molecule has 1 atom stereocenters. The van der Waals surface area contributed by atoms with Crippen molar-refractivity contribution in [1.29, 1.82) is 0 Å². The predicted octanol–water partition coefficient (Wildman–Crippen LogP) is 4.78. The third-order valence-electron chi connectivity index (χ3n) is 4.37. The molecule has 0 bridgehead atoms. The smallest absolute Gasteiger partial charge is 0.269 e. The Hall–Kier alpha value is -3.65. The van der Waals surface area contributed by atoms with Crippen LogP contribution < -0.4 is 10.2 Å². The molecule has 0 unspecified atom stereocenters. The highest BCUT2D eigenvalue weighted by Crippen LogP contribution is 2.31. The highest BCUT2D eigenvalue weighted by molar-refractivity contribution is 7.12. The van der Waals surface area contributed by atoms with Crippen molar-refractivity contribution in [3.05, 3.63) is 101 Å². The summed E-state index contributed by atoms with van der Waals surface area (Å²) in [4.78, 5) is 28.2. The van der Waals surface area contributed by atoms with Gasteiger partial charge in [-0.3, -0.25) is 14.5 Å². The van der Waals surface area contributed by atoms with Crippen molar-refractivity contribution in [2.24, 2.45) is 0 Å². The van der Waals surface area contributed by atoms with Crippen LogP contribution in [0.5, 0.6) is 0 Å². The van der Waals surface area contributed by atoms with Gasteiger partial charge in [0.15, 0.2) is 6.04 Å². The average molecular weight is 424 g/mol. The minimum Gasteiger partial charge on any atom is -0.467 e. The highest BCUT2D eigenvalue weighted by Gasteiger charge is 2.36. The standard InChI is InChI=1S/C22H17FN2O4S/c23-15-5-1-6-16(13-15)25(22(27)19-9-4-12-30-19)20(18-8-3-11-29-18)21(26)24-14-17-7-2-10-28-17/h1-13,20H,14H2,(H,24,26)/t20-/m0/s1. The van der Waals surface area contributed by atoms with Crippen molar-refractivity contribution < 1.29 is 22.8 Å². The van der Waals surface area contributed by atoms with E-state index < -0.39 is 23.7 Å². The number of anilines is 1. The second-order valence-electron chi connectivity index (χ2n) is 6.35. The molecule has 0 aliphatic carbocycles. The van der Waals surface area contributed by atoms with Crippen LogP contribution in [-0.4, -0.2) is 11.8 Å². The lowest BCUT2D eigenvalue weighted by molar-refractivity contribution is -0.123. The Bertz CT molecular complexity index is 1110. The van der Waals surface area contributed by atoms with Gasteiger partial charge in [0.2, 0.25) is 0 Å². The summed E-state index contributed by atoms with van der Waals surface area (Å²) in [5.74, 6) is -0.643. The largest absolute Gasteiger partial charge is 0.467 e. The Morgan fingerprint density at radius 2 is 1.87 bits per heavy atom. The van der Waals surface area contributed by atoms with E-state index in [0.717, 1.165) is 0 Å². The molecule has 8 heteroatoms. The van der Waals surface area contributed by atoms with E-state index in [1.165, 1.54) is 47.0 Å². The van der Waals surface area contributed by atoms with E-state index in [-0.39, 0.29) is 18.0 Å². The van der Waals surface area contributed by atoms with Crippen LogP contribution in [0.25, 0.3) is 0 Å². The van der Waals surface area contributed by atoms with Gasteiger partial charge in [-0.15, -0.1) is 11.3 Å². The molecule has 30 heavy (non-hydrogen) atoms. The lowest BCUT2D eigenvalue weighted by Gasteiger charge is -2.29. The molecule has 2 amide bonds. The van der Waals surface area contributed by atoms with Crippen LogP contribution in [-0.2, 0) is 11.3 Å². The van der Waals surface area contributed by atoms with Gasteiger partial charge in [-0.1, -0.05) is 12.1 Å². The van der Waals surface area contributed by atoms with Gasteiger partial charge in [-0.25, -0.2) is 4.39 Å². The van der Waals surface area contributed by atoms with E-state index in [4.69, 9.17) is 8.83 Å². The zero-order chi connectivity index (χ0) is 20.9. The van der Waals surface area contributed by atoms with Crippen LogP contribution >= 0.6 is 11.3 Å². The van der Waals surface area contributed by atoms with E-state index in [0.29, 0.717) is 10.6 Å². The Morgan fingerprint density at radius 3 is 2.53 bits per heavy atom. The van der Waals surface area contributed by atoms with E-state index >= 15 is 0 Å². The van der Waals surface area contributed by atoms with Crippen molar-refractivity contribution in [3.63, 3.8) is 0 Å². The SMILES string of the molecule is O=C(NCc1ccco1)[C@H](c1ccco1)N(C(=O)c1cccs1)c1cccc(F)c1. The molecule has 1 aromatic carbocycles. The lowest BCUT2D eigenvalue weighted by Crippen LogP contribution is -2.43. The molecule has 0 radical (unpaired) electrons. The van der Waals surface area contributed by atoms with E-state index in [9.17, 15) is 14.0 Å². The number of thiophene rings is 1. The van der Waals surface area contributed by atoms with Crippen molar-refractivity contribution in [2.75, 3.05) is 4.90 Å². The second-order valence-corrected chi connectivity index (χ2v) is 7.30. The number of nitrogens with zero attached hydrogens (tertiary/aromatic N) is 1. The monoisotopic (exact) mass is 424 g/mol. The fraction of sp³-hybridized carbons (Fsp3) is 0.0909. The van der Waals surface area contributed by atoms with Crippen molar-refractivity contribution in [1.82, 2.24) is 5.32 Å². The van der Waals surface area contributed by atoms with E-state index in [2.05, 4.69) is 5.32 Å². The first-order chi connectivity index (χ1) is 14.6. The van der Waals surface area contributed by atoms with Crippen LogP contribution in [0.1, 0.15) is 27.2 Å². The van der Waals surface area contributed by atoms with Gasteiger partial charge in [-0.05, 0) is 53.9 Å². The summed E-state index contributed by atoms with van der Waals surface area (Å²) in [5, 5.41) is 4.52. The Morgan fingerprint density at radius 1 is 1.03 bits per heavy atom. The molecule has 1 N–H and O–H groups in total. The number of halogens is 1. The normalized spacial score (nSPS) is 11.8. The minimum atomic E-state index is -1.15. The maximum Gasteiger partial charge on any atom is 0.269 e. The summed E-state index contributed by atoms with van der Waals surface area (Å²) >= 11 is 1.23. The number of amides is 2. The summed E-state index contributed by atoms with van der Waals surface area (Å²) < 4.78 is 24.7. The lowest BCUT2D eigenvalue weighted by atomic mass is 10.1. The van der Waals surface area contributed by atoms with Gasteiger partial charge in [0.1, 0.15) is 17.3 Å². The first kappa shape index (κ1) is 19.7. The number of benzene rings is 1. The van der Waals surface area contributed by atoms with Gasteiger partial charge < -0.3 is 14.2 Å². The summed E-state index contributed by atoms with van der Waals surface area (Å²) in [6.45, 7) is 0.132. The number of rotatable bonds is 7. The molecule has 4 aromatic rings. The molecule has 4 rings (SSSR count). The van der Waals surface area contributed by atoms with E-state index in [1.54, 1.807) is 47.8 Å². The maximum atomic E-state index is 14.0. The molecule has 0 aliphatic rings. The summed E-state index contributed by atoms with van der Waals surface area (Å²) in [5.41, 5.74) is 0.239. The van der Waals surface area contributed by atoms with Gasteiger partial charge in [0.05, 0.1) is 23.9 Å². The Kier molecular flexibility index (Phi) is 5.76. The van der Waals surface area contributed by atoms with Crippen molar-refractivity contribution in [2.45, 2.75) is 12.6 Å². The second kappa shape index (κ2) is 8.79. The molecule has 3 aromatic heterocycles. The molecule has 152 valence electrons. The number of hydrogen-bond donors (Lipinski definition) is 1. The van der Waals surface area contributed by atoms with Gasteiger partial charge >= 0.3 is 0 Å². The molecule has 3 heterocycles. The topological polar surface area (TPSA) is 75.7 Å². The zero-order valence-corrected chi connectivity index (χ0v) is 16.5. The molecule has 0 saturated carbocycles. The van der Waals surface area contributed by atoms with Crippen LogP contribution in [0.4, 0.5) is 10.1 Å². The molecule has 0 aliphatic heterocycles. The number of hydrogen-bond acceptors (Lipinski definition) is 5. The quantitative estimate of drug-likeness (QED) is 0.463. The Balaban J connectivity index is 1.74. The first-order valence-electron chi connectivity index (χ1n) is 9.09. The summed E-state index contributed by atoms with van der Waals surface area (Å²) in [6, 6.07) is 14.5. The summed E-state index contributed by atoms with van der Waals surface area (Å²) in [6.07, 6.45) is 2.92. The van der Waals surface area contributed by atoms with Crippen LogP contribution in [0.3, 0.4) is 0 Å². The fourth-order valence-electron chi connectivity index (χ4n) is 3.03. The minimum absolute atomic E-state index is 0.132. The predicted molar refractivity (Wildman–Crippen MR) is 110 cm³/mol. The molecule has 0 spiro atoms. The van der Waals surface area contributed by atoms with Gasteiger partial charge in [-0.2, -0.15) is 0 Å². The van der Waals surface area contributed by atoms with Crippen LogP contribution in [0.2, 0.25) is 0 Å². The molecule has 6 nitrogen and oxygen atoms in total. The number of furan rings is 2. The third-order valence-corrected chi connectivity index (χ3v) is 5.23. The van der Waals surface area contributed by atoms with Crippen molar-refractivity contribution >= 4 is 28.8 Å². The fourth-order valence-corrected chi connectivity index (χ4v) is 3.69. The Labute approximate surface area is 175 Å². The van der Waals surface area contributed by atoms with Crippen LogP contribution in [0, 0.1) is 5.82 Å².